The lowest BCUT2D eigenvalue weighted by Gasteiger charge is -2.22. The van der Waals surface area contributed by atoms with Gasteiger partial charge in [0.15, 0.2) is 5.78 Å². The number of aryl methyl sites for hydroxylation is 1. The van der Waals surface area contributed by atoms with Crippen LogP contribution in [0.15, 0.2) is 12.1 Å². The number of hydrogen-bond acceptors (Lipinski definition) is 2. The van der Waals surface area contributed by atoms with E-state index in [2.05, 4.69) is 0 Å². The van der Waals surface area contributed by atoms with Crippen LogP contribution < -0.4 is 0 Å². The van der Waals surface area contributed by atoms with Gasteiger partial charge in [0.2, 0.25) is 0 Å². The molecule has 0 unspecified atom stereocenters. The molecule has 88 valence electrons. The summed E-state index contributed by atoms with van der Waals surface area (Å²) >= 11 is 0. The zero-order chi connectivity index (χ0) is 12.5. The number of ether oxygens (including phenoxy) is 1. The van der Waals surface area contributed by atoms with Crippen molar-refractivity contribution in [3.8, 4) is 0 Å². The first-order chi connectivity index (χ1) is 7.31. The molecule has 2 nitrogen and oxygen atoms in total. The van der Waals surface area contributed by atoms with Crippen LogP contribution in [0.5, 0.6) is 0 Å². The van der Waals surface area contributed by atoms with E-state index in [1.54, 1.807) is 0 Å². The van der Waals surface area contributed by atoms with Crippen molar-refractivity contribution >= 4 is 5.78 Å². The van der Waals surface area contributed by atoms with Crippen LogP contribution in [0.4, 0.5) is 8.78 Å². The van der Waals surface area contributed by atoms with Gasteiger partial charge in [-0.15, -0.1) is 0 Å². The van der Waals surface area contributed by atoms with Gasteiger partial charge < -0.3 is 4.74 Å². The topological polar surface area (TPSA) is 26.3 Å². The zero-order valence-corrected chi connectivity index (χ0v) is 9.73. The van der Waals surface area contributed by atoms with Crippen LogP contribution in [0.25, 0.3) is 0 Å². The molecule has 0 radical (unpaired) electrons. The van der Waals surface area contributed by atoms with Crippen LogP contribution in [0.2, 0.25) is 0 Å². The Hall–Kier alpha value is -1.29. The molecule has 0 bridgehead atoms. The van der Waals surface area contributed by atoms with Crippen LogP contribution in [0, 0.1) is 18.6 Å². The van der Waals surface area contributed by atoms with E-state index in [0.717, 1.165) is 6.07 Å². The average Bonchev–Trinajstić information content (AvgIpc) is 2.24. The van der Waals surface area contributed by atoms with Gasteiger partial charge in [0.05, 0.1) is 5.56 Å². The standard InChI is InChI=1S/C12H14F2O2/c1-7-5-6-8(13)9(10(7)14)11(15)12(2,3)16-4/h5-6H,1-4H3. The smallest absolute Gasteiger partial charge is 0.199 e. The minimum absolute atomic E-state index is 0.233. The van der Waals surface area contributed by atoms with E-state index in [-0.39, 0.29) is 5.56 Å². The molecule has 1 rings (SSSR count). The Bertz CT molecular complexity index is 425. The maximum absolute atomic E-state index is 13.7. The number of Topliss-reactive ketones (excluding diaryl/α,β-unsaturated/α-hetero) is 1. The molecule has 1 aromatic rings. The second kappa shape index (κ2) is 4.29. The summed E-state index contributed by atoms with van der Waals surface area (Å²) in [4.78, 5) is 11.9. The van der Waals surface area contributed by atoms with Crippen molar-refractivity contribution in [3.05, 3.63) is 34.9 Å². The molecule has 0 aliphatic carbocycles. The second-order valence-electron chi connectivity index (χ2n) is 4.10. The van der Waals surface area contributed by atoms with Crippen molar-refractivity contribution in [2.75, 3.05) is 7.11 Å². The summed E-state index contributed by atoms with van der Waals surface area (Å²) < 4.78 is 32.0. The van der Waals surface area contributed by atoms with Crippen molar-refractivity contribution in [2.45, 2.75) is 26.4 Å². The molecule has 0 saturated carbocycles. The molecule has 0 spiro atoms. The molecule has 0 atom stereocenters. The number of ketones is 1. The largest absolute Gasteiger partial charge is 0.371 e. The maximum atomic E-state index is 13.7. The van der Waals surface area contributed by atoms with Crippen molar-refractivity contribution in [1.29, 1.82) is 0 Å². The van der Waals surface area contributed by atoms with Crippen LogP contribution >= 0.6 is 0 Å². The fraction of sp³-hybridized carbons (Fsp3) is 0.417. The predicted molar refractivity (Wildman–Crippen MR) is 56.5 cm³/mol. The summed E-state index contributed by atoms with van der Waals surface area (Å²) in [6.07, 6.45) is 0. The molecule has 0 N–H and O–H groups in total. The van der Waals surface area contributed by atoms with E-state index in [0.29, 0.717) is 0 Å². The first-order valence-electron chi connectivity index (χ1n) is 4.86. The van der Waals surface area contributed by atoms with Gasteiger partial charge in [-0.3, -0.25) is 4.79 Å². The maximum Gasteiger partial charge on any atom is 0.199 e. The third-order valence-electron chi connectivity index (χ3n) is 2.57. The molecule has 0 heterocycles. The first-order valence-corrected chi connectivity index (χ1v) is 4.86. The van der Waals surface area contributed by atoms with E-state index in [1.165, 1.54) is 33.9 Å². The van der Waals surface area contributed by atoms with E-state index in [4.69, 9.17) is 4.74 Å². The van der Waals surface area contributed by atoms with Crippen molar-refractivity contribution in [2.24, 2.45) is 0 Å². The monoisotopic (exact) mass is 228 g/mol. The number of methoxy groups -OCH3 is 1. The lowest BCUT2D eigenvalue weighted by Crippen LogP contribution is -2.35. The number of hydrogen-bond donors (Lipinski definition) is 0. The highest BCUT2D eigenvalue weighted by atomic mass is 19.1. The Kier molecular flexibility index (Phi) is 3.43. The molecule has 1 aromatic carbocycles. The summed E-state index contributed by atoms with van der Waals surface area (Å²) in [5, 5.41) is 0. The minimum atomic E-state index is -1.24. The molecule has 0 fully saturated rings. The van der Waals surface area contributed by atoms with Gasteiger partial charge >= 0.3 is 0 Å². The summed E-state index contributed by atoms with van der Waals surface area (Å²) in [6, 6.07) is 2.37. The van der Waals surface area contributed by atoms with Crippen LogP contribution in [-0.2, 0) is 4.74 Å². The van der Waals surface area contributed by atoms with Crippen molar-refractivity contribution < 1.29 is 18.3 Å². The molecule has 0 aromatic heterocycles. The molecule has 16 heavy (non-hydrogen) atoms. The SMILES string of the molecule is COC(C)(C)C(=O)c1c(F)ccc(C)c1F. The highest BCUT2D eigenvalue weighted by Crippen LogP contribution is 2.23. The summed E-state index contributed by atoms with van der Waals surface area (Å²) in [5.41, 5.74) is -1.54. The van der Waals surface area contributed by atoms with Crippen molar-refractivity contribution in [3.63, 3.8) is 0 Å². The van der Waals surface area contributed by atoms with Gasteiger partial charge in [0, 0.05) is 7.11 Å². The van der Waals surface area contributed by atoms with Gasteiger partial charge in [-0.25, -0.2) is 8.78 Å². The van der Waals surface area contributed by atoms with Gasteiger partial charge in [-0.1, -0.05) is 6.07 Å². The van der Waals surface area contributed by atoms with Crippen LogP contribution in [0.3, 0.4) is 0 Å². The Morgan fingerprint density at radius 3 is 2.38 bits per heavy atom. The van der Waals surface area contributed by atoms with Gasteiger partial charge in [0.1, 0.15) is 17.2 Å². The summed E-state index contributed by atoms with van der Waals surface area (Å²) in [6.45, 7) is 4.42. The highest BCUT2D eigenvalue weighted by Gasteiger charge is 2.33. The Balaban J connectivity index is 3.34. The van der Waals surface area contributed by atoms with Gasteiger partial charge in [-0.05, 0) is 32.4 Å². The zero-order valence-electron chi connectivity index (χ0n) is 9.73. The van der Waals surface area contributed by atoms with Crippen molar-refractivity contribution in [1.82, 2.24) is 0 Å². The van der Waals surface area contributed by atoms with E-state index in [1.807, 2.05) is 0 Å². The van der Waals surface area contributed by atoms with Crippen LogP contribution in [0.1, 0.15) is 29.8 Å². The van der Waals surface area contributed by atoms with E-state index < -0.39 is 28.6 Å². The molecule has 0 aliphatic rings. The third kappa shape index (κ3) is 2.11. The first kappa shape index (κ1) is 12.8. The lowest BCUT2D eigenvalue weighted by atomic mass is 9.94. The van der Waals surface area contributed by atoms with Crippen LogP contribution in [-0.4, -0.2) is 18.5 Å². The molecular weight excluding hydrogens is 214 g/mol. The summed E-state index contributed by atoms with van der Waals surface area (Å²) in [5.74, 6) is -2.39. The Morgan fingerprint density at radius 1 is 1.31 bits per heavy atom. The molecule has 4 heteroatoms. The molecule has 0 aliphatic heterocycles. The van der Waals surface area contributed by atoms with E-state index >= 15 is 0 Å². The Labute approximate surface area is 93.2 Å². The number of halogens is 2. The van der Waals surface area contributed by atoms with Gasteiger partial charge in [0.25, 0.3) is 0 Å². The average molecular weight is 228 g/mol. The van der Waals surface area contributed by atoms with Gasteiger partial charge in [-0.2, -0.15) is 0 Å². The number of carbonyl (C=O) groups excluding carboxylic acids is 1. The third-order valence-corrected chi connectivity index (χ3v) is 2.57. The molecule has 0 amide bonds. The number of carbonyl (C=O) groups is 1. The molecule has 0 saturated heterocycles. The lowest BCUT2D eigenvalue weighted by molar-refractivity contribution is 0.0220. The quantitative estimate of drug-likeness (QED) is 0.743. The predicted octanol–water partition coefficient (Wildman–Crippen LogP) is 2.88. The fourth-order valence-corrected chi connectivity index (χ4v) is 1.26. The highest BCUT2D eigenvalue weighted by molar-refractivity contribution is 6.02. The fourth-order valence-electron chi connectivity index (χ4n) is 1.26. The molecular formula is C12H14F2O2. The second-order valence-corrected chi connectivity index (χ2v) is 4.10. The van der Waals surface area contributed by atoms with E-state index in [9.17, 15) is 13.6 Å². The minimum Gasteiger partial charge on any atom is -0.371 e. The number of rotatable bonds is 3. The summed E-state index contributed by atoms with van der Waals surface area (Å²) in [7, 11) is 1.32. The number of benzene rings is 1. The normalized spacial score (nSPS) is 11.6. The Morgan fingerprint density at radius 2 is 1.88 bits per heavy atom.